The molecule has 1 heterocycles. The molecule has 0 spiro atoms. The zero-order valence-electron chi connectivity index (χ0n) is 17.0. The van der Waals surface area contributed by atoms with E-state index in [9.17, 15) is 17.4 Å². The van der Waals surface area contributed by atoms with Gasteiger partial charge in [-0.25, -0.2) is 14.0 Å². The molecule has 0 bridgehead atoms. The predicted octanol–water partition coefficient (Wildman–Crippen LogP) is 6.39. The first-order chi connectivity index (χ1) is 14.0. The maximum atomic E-state index is 12.9. The molecule has 0 saturated heterocycles. The first-order valence-electron chi connectivity index (χ1n) is 9.46. The Balaban J connectivity index is 1.97. The summed E-state index contributed by atoms with van der Waals surface area (Å²) in [5.74, 6) is 0.698. The van der Waals surface area contributed by atoms with Gasteiger partial charge in [0.05, 0.1) is 28.4 Å². The second kappa shape index (κ2) is 8.23. The molecule has 0 radical (unpaired) electrons. The Labute approximate surface area is 176 Å². The van der Waals surface area contributed by atoms with Crippen molar-refractivity contribution in [2.24, 2.45) is 0 Å². The minimum absolute atomic E-state index is 0.0286. The van der Waals surface area contributed by atoms with Crippen LogP contribution in [0.4, 0.5) is 18.9 Å². The van der Waals surface area contributed by atoms with Crippen molar-refractivity contribution in [3.05, 3.63) is 59.7 Å². The monoisotopic (exact) mass is 433 g/mol. The van der Waals surface area contributed by atoms with E-state index in [4.69, 9.17) is 6.57 Å². The molecule has 0 aliphatic rings. The lowest BCUT2D eigenvalue weighted by Gasteiger charge is -2.20. The van der Waals surface area contributed by atoms with Crippen molar-refractivity contribution >= 4 is 27.5 Å². The third-order valence-electron chi connectivity index (χ3n) is 4.63. The second-order valence-electron chi connectivity index (χ2n) is 8.08. The van der Waals surface area contributed by atoms with E-state index < -0.39 is 23.4 Å². The molecule has 158 valence electrons. The molecule has 3 aromatic rings. The van der Waals surface area contributed by atoms with Crippen LogP contribution in [-0.4, -0.2) is 19.9 Å². The Kier molecular flexibility index (Phi) is 6.04. The summed E-state index contributed by atoms with van der Waals surface area (Å²) < 4.78 is 52.6. The fraction of sp³-hybridized carbons (Fsp3) is 0.364. The maximum Gasteiger partial charge on any atom is 0.389 e. The minimum atomic E-state index is -4.19. The molecular weight excluding hydrogens is 411 g/mol. The van der Waals surface area contributed by atoms with Crippen LogP contribution in [0.15, 0.2) is 52.3 Å². The van der Waals surface area contributed by atoms with Crippen molar-refractivity contribution in [3.63, 3.8) is 0 Å². The van der Waals surface area contributed by atoms with E-state index in [1.54, 1.807) is 42.5 Å². The largest absolute Gasteiger partial charge is 0.389 e. The lowest BCUT2D eigenvalue weighted by Crippen LogP contribution is -2.20. The van der Waals surface area contributed by atoms with Crippen LogP contribution in [0.1, 0.15) is 39.4 Å². The average molecular weight is 433 g/mol. The zero-order chi connectivity index (χ0) is 22.1. The highest BCUT2D eigenvalue weighted by atomic mass is 32.2. The lowest BCUT2D eigenvalue weighted by atomic mass is 9.95. The van der Waals surface area contributed by atoms with Crippen LogP contribution < -0.4 is 0 Å². The van der Waals surface area contributed by atoms with Crippen molar-refractivity contribution in [3.8, 4) is 0 Å². The van der Waals surface area contributed by atoms with Crippen LogP contribution in [0.25, 0.3) is 15.9 Å². The molecule has 0 N–H and O–H groups in total. The quantitative estimate of drug-likeness (QED) is 0.437. The molecular formula is C22H22F3N3OS. The van der Waals surface area contributed by atoms with Gasteiger partial charge in [-0.3, -0.25) is 0 Å². The zero-order valence-corrected chi connectivity index (χ0v) is 17.8. The molecule has 1 aromatic heterocycles. The van der Waals surface area contributed by atoms with Crippen molar-refractivity contribution < 1.29 is 17.4 Å². The molecule has 1 atom stereocenters. The highest BCUT2D eigenvalue weighted by Crippen LogP contribution is 2.30. The first-order valence-corrected chi connectivity index (χ1v) is 10.6. The fourth-order valence-corrected chi connectivity index (χ4v) is 4.31. The van der Waals surface area contributed by atoms with Crippen LogP contribution in [0, 0.1) is 6.57 Å². The van der Waals surface area contributed by atoms with E-state index in [2.05, 4.69) is 9.83 Å². The molecule has 1 unspecified atom stereocenters. The van der Waals surface area contributed by atoms with Crippen molar-refractivity contribution in [1.29, 1.82) is 0 Å². The van der Waals surface area contributed by atoms with E-state index in [-0.39, 0.29) is 18.4 Å². The number of rotatable bonds is 5. The Morgan fingerprint density at radius 2 is 1.70 bits per heavy atom. The van der Waals surface area contributed by atoms with Gasteiger partial charge in [-0.1, -0.05) is 45.0 Å². The lowest BCUT2D eigenvalue weighted by molar-refractivity contribution is -0.135. The molecule has 0 fully saturated rings. The number of benzene rings is 2. The number of hydrogen-bond acceptors (Lipinski definition) is 2. The molecule has 0 aliphatic heterocycles. The van der Waals surface area contributed by atoms with Crippen LogP contribution in [0.5, 0.6) is 0 Å². The highest BCUT2D eigenvalue weighted by Gasteiger charge is 2.28. The number of imidazole rings is 1. The third kappa shape index (κ3) is 4.90. The van der Waals surface area contributed by atoms with Gasteiger partial charge in [0.15, 0.2) is 5.69 Å². The number of aromatic nitrogens is 2. The van der Waals surface area contributed by atoms with E-state index in [0.717, 1.165) is 5.52 Å². The molecule has 0 saturated carbocycles. The summed E-state index contributed by atoms with van der Waals surface area (Å²) in [4.78, 5) is 9.12. The maximum absolute atomic E-state index is 12.9. The first kappa shape index (κ1) is 22.0. The third-order valence-corrected chi connectivity index (χ3v) is 6.01. The van der Waals surface area contributed by atoms with E-state index in [0.29, 0.717) is 26.8 Å². The number of aryl methyl sites for hydroxylation is 1. The molecule has 30 heavy (non-hydrogen) atoms. The van der Waals surface area contributed by atoms with Gasteiger partial charge in [0.2, 0.25) is 0 Å². The molecule has 8 heteroatoms. The number of hydrogen-bond donors (Lipinski definition) is 0. The van der Waals surface area contributed by atoms with Crippen LogP contribution >= 0.6 is 0 Å². The fourth-order valence-electron chi connectivity index (χ4n) is 3.24. The van der Waals surface area contributed by atoms with Gasteiger partial charge < -0.3 is 4.57 Å². The normalized spacial score (nSPS) is 13.4. The van der Waals surface area contributed by atoms with E-state index in [1.165, 1.54) is 0 Å². The molecule has 3 rings (SSSR count). The Hall–Kier alpha value is -2.66. The summed E-state index contributed by atoms with van der Waals surface area (Å²) in [6.45, 7) is 13.1. The van der Waals surface area contributed by atoms with Gasteiger partial charge in [-0.05, 0) is 24.6 Å². The van der Waals surface area contributed by atoms with Crippen molar-refractivity contribution in [2.75, 3.05) is 0 Å². The summed E-state index contributed by atoms with van der Waals surface area (Å²) in [5.41, 5.74) is 1.45. The van der Waals surface area contributed by atoms with Crippen LogP contribution in [-0.2, 0) is 22.8 Å². The number of nitrogens with zero attached hydrogens (tertiary/aromatic N) is 3. The van der Waals surface area contributed by atoms with Gasteiger partial charge in [-0.2, -0.15) is 13.2 Å². The van der Waals surface area contributed by atoms with E-state index in [1.807, 2.05) is 25.3 Å². The summed E-state index contributed by atoms with van der Waals surface area (Å²) in [7, 11) is -1.45. The Morgan fingerprint density at radius 3 is 2.27 bits per heavy atom. The molecule has 0 amide bonds. The van der Waals surface area contributed by atoms with Crippen LogP contribution in [0.2, 0.25) is 0 Å². The Morgan fingerprint density at radius 1 is 1.07 bits per heavy atom. The van der Waals surface area contributed by atoms with Crippen molar-refractivity contribution in [2.45, 2.75) is 61.5 Å². The van der Waals surface area contributed by atoms with Gasteiger partial charge in [0.1, 0.15) is 5.82 Å². The van der Waals surface area contributed by atoms with Gasteiger partial charge in [0.25, 0.3) is 0 Å². The summed E-state index contributed by atoms with van der Waals surface area (Å²) in [5, 5.41) is 0. The predicted molar refractivity (Wildman–Crippen MR) is 111 cm³/mol. The van der Waals surface area contributed by atoms with Crippen molar-refractivity contribution in [1.82, 2.24) is 9.55 Å². The minimum Gasteiger partial charge on any atom is -0.328 e. The number of alkyl halides is 3. The highest BCUT2D eigenvalue weighted by molar-refractivity contribution is 7.85. The molecule has 0 aliphatic carbocycles. The summed E-state index contributed by atoms with van der Waals surface area (Å²) >= 11 is 0. The molecule has 4 nitrogen and oxygen atoms in total. The Bertz CT molecular complexity index is 1120. The second-order valence-corrected chi connectivity index (χ2v) is 9.56. The van der Waals surface area contributed by atoms with E-state index >= 15 is 0 Å². The van der Waals surface area contributed by atoms with Crippen LogP contribution in [0.3, 0.4) is 0 Å². The summed E-state index contributed by atoms with van der Waals surface area (Å²) in [6, 6.07) is 11.8. The SMILES string of the molecule is [C-]#[N+]c1ccc(S(=O)c2ccc3c(c2)nc(C(C)(C)C)n3CCCC(F)(F)F)cc1. The average Bonchev–Trinajstić information content (AvgIpc) is 3.05. The molecule has 2 aromatic carbocycles. The standard InChI is InChI=1S/C22H22F3N3OS/c1-21(2,3)20-27-18-14-17(30(29)16-8-6-15(26-4)7-9-16)10-11-19(18)28(20)13-5-12-22(23,24)25/h6-11,14H,5,12-13H2,1-3H3. The summed E-state index contributed by atoms with van der Waals surface area (Å²) in [6.07, 6.45) is -5.07. The topological polar surface area (TPSA) is 39.2 Å². The smallest absolute Gasteiger partial charge is 0.328 e. The van der Waals surface area contributed by atoms with Gasteiger partial charge in [0, 0.05) is 28.2 Å². The number of fused-ring (bicyclic) bond motifs is 1. The number of halogens is 3. The van der Waals surface area contributed by atoms with Gasteiger partial charge >= 0.3 is 6.18 Å². The van der Waals surface area contributed by atoms with Gasteiger partial charge in [-0.15, -0.1) is 0 Å².